The predicted molar refractivity (Wildman–Crippen MR) is 90.9 cm³/mol. The summed E-state index contributed by atoms with van der Waals surface area (Å²) in [5, 5.41) is 0. The number of ether oxygens (including phenoxy) is 3. The molecule has 0 aromatic heterocycles. The first-order valence-corrected chi connectivity index (χ1v) is 8.32. The van der Waals surface area contributed by atoms with Gasteiger partial charge in [0.1, 0.15) is 16.6 Å². The van der Waals surface area contributed by atoms with Crippen LogP contribution in [0.4, 0.5) is 8.78 Å². The lowest BCUT2D eigenvalue weighted by molar-refractivity contribution is 0.0486. The molecule has 2 heterocycles. The first kappa shape index (κ1) is 16.2. The van der Waals surface area contributed by atoms with E-state index in [9.17, 15) is 8.78 Å². The van der Waals surface area contributed by atoms with Crippen molar-refractivity contribution in [1.29, 1.82) is 0 Å². The van der Waals surface area contributed by atoms with Gasteiger partial charge in [0.2, 0.25) is 0 Å². The second-order valence-corrected chi connectivity index (χ2v) is 6.19. The maximum atomic E-state index is 14.5. The van der Waals surface area contributed by atoms with Gasteiger partial charge < -0.3 is 19.1 Å². The summed E-state index contributed by atoms with van der Waals surface area (Å²) in [6.45, 7) is 2.40. The maximum absolute atomic E-state index is 14.5. The highest BCUT2D eigenvalue weighted by Crippen LogP contribution is 2.42. The minimum Gasteiger partial charge on any atom is -0.447 e. The number of thiocarbonyl (C=S) groups is 1. The summed E-state index contributed by atoms with van der Waals surface area (Å²) in [7, 11) is 0. The van der Waals surface area contributed by atoms with Crippen molar-refractivity contribution in [3.05, 3.63) is 59.2 Å². The van der Waals surface area contributed by atoms with Crippen molar-refractivity contribution in [3.63, 3.8) is 0 Å². The standard InChI is InChI=1S/C18H15F2NO3S/c19-12-3-1-11(2-4-12)18-23-15-9-13(14(20)10-16(15)24-18)17(25)21-5-7-22-8-6-21/h1-4,9-10,18H,5-8H2. The van der Waals surface area contributed by atoms with Crippen LogP contribution in [0.3, 0.4) is 0 Å². The van der Waals surface area contributed by atoms with E-state index in [-0.39, 0.29) is 5.82 Å². The quantitative estimate of drug-likeness (QED) is 0.763. The van der Waals surface area contributed by atoms with E-state index in [1.807, 2.05) is 4.90 Å². The topological polar surface area (TPSA) is 30.9 Å². The summed E-state index contributed by atoms with van der Waals surface area (Å²) in [6.07, 6.45) is -0.734. The van der Waals surface area contributed by atoms with E-state index >= 15 is 0 Å². The van der Waals surface area contributed by atoms with Gasteiger partial charge in [0.05, 0.1) is 13.2 Å². The van der Waals surface area contributed by atoms with E-state index in [4.69, 9.17) is 26.4 Å². The molecule has 2 aliphatic heterocycles. The maximum Gasteiger partial charge on any atom is 0.267 e. The normalized spacial score (nSPS) is 19.1. The molecule has 2 aromatic carbocycles. The molecular weight excluding hydrogens is 348 g/mol. The number of hydrogen-bond acceptors (Lipinski definition) is 4. The molecule has 2 aliphatic rings. The fourth-order valence-corrected chi connectivity index (χ4v) is 3.17. The average molecular weight is 363 g/mol. The Morgan fingerprint density at radius 1 is 1.00 bits per heavy atom. The lowest BCUT2D eigenvalue weighted by Gasteiger charge is -2.29. The van der Waals surface area contributed by atoms with Gasteiger partial charge in [0, 0.05) is 30.3 Å². The van der Waals surface area contributed by atoms with Crippen LogP contribution in [0.1, 0.15) is 17.4 Å². The Kier molecular flexibility index (Phi) is 4.27. The van der Waals surface area contributed by atoms with Gasteiger partial charge in [-0.05, 0) is 30.3 Å². The zero-order valence-corrected chi connectivity index (χ0v) is 14.0. The highest BCUT2D eigenvalue weighted by molar-refractivity contribution is 7.80. The highest BCUT2D eigenvalue weighted by Gasteiger charge is 2.29. The minimum atomic E-state index is -0.734. The fraction of sp³-hybridized carbons (Fsp3) is 0.278. The van der Waals surface area contributed by atoms with Crippen molar-refractivity contribution < 1.29 is 23.0 Å². The van der Waals surface area contributed by atoms with Crippen molar-refractivity contribution in [2.75, 3.05) is 26.3 Å². The third kappa shape index (κ3) is 3.17. The van der Waals surface area contributed by atoms with Crippen LogP contribution in [-0.2, 0) is 4.74 Å². The lowest BCUT2D eigenvalue weighted by atomic mass is 10.1. The monoisotopic (exact) mass is 363 g/mol. The van der Waals surface area contributed by atoms with Crippen LogP contribution < -0.4 is 9.47 Å². The Balaban J connectivity index is 1.58. The van der Waals surface area contributed by atoms with Gasteiger partial charge >= 0.3 is 0 Å². The molecule has 1 saturated heterocycles. The summed E-state index contributed by atoms with van der Waals surface area (Å²) in [4.78, 5) is 2.34. The number of fused-ring (bicyclic) bond motifs is 1. The number of nitrogens with zero attached hydrogens (tertiary/aromatic N) is 1. The number of hydrogen-bond donors (Lipinski definition) is 0. The molecule has 25 heavy (non-hydrogen) atoms. The second kappa shape index (κ2) is 6.57. The van der Waals surface area contributed by atoms with Crippen molar-refractivity contribution in [1.82, 2.24) is 4.90 Å². The zero-order valence-electron chi connectivity index (χ0n) is 13.2. The summed E-state index contributed by atoms with van der Waals surface area (Å²) in [5.41, 5.74) is 0.953. The van der Waals surface area contributed by atoms with Crippen LogP contribution in [0.25, 0.3) is 0 Å². The van der Waals surface area contributed by atoms with Crippen LogP contribution in [0.15, 0.2) is 36.4 Å². The Bertz CT molecular complexity index is 807. The molecular formula is C18H15F2NO3S. The van der Waals surface area contributed by atoms with E-state index in [1.54, 1.807) is 18.2 Å². The molecule has 0 saturated carbocycles. The molecule has 0 bridgehead atoms. The molecule has 0 spiro atoms. The Morgan fingerprint density at radius 3 is 2.32 bits per heavy atom. The van der Waals surface area contributed by atoms with E-state index in [0.717, 1.165) is 0 Å². The van der Waals surface area contributed by atoms with E-state index < -0.39 is 12.1 Å². The average Bonchev–Trinajstić information content (AvgIpc) is 3.04. The Morgan fingerprint density at radius 2 is 1.64 bits per heavy atom. The third-order valence-corrected chi connectivity index (χ3v) is 4.65. The molecule has 7 heteroatoms. The molecule has 130 valence electrons. The van der Waals surface area contributed by atoms with Crippen LogP contribution in [-0.4, -0.2) is 36.2 Å². The van der Waals surface area contributed by atoms with Crippen LogP contribution in [0.5, 0.6) is 11.5 Å². The number of benzene rings is 2. The molecule has 0 N–H and O–H groups in total. The summed E-state index contributed by atoms with van der Waals surface area (Å²) >= 11 is 5.43. The predicted octanol–water partition coefficient (Wildman–Crippen LogP) is 3.44. The lowest BCUT2D eigenvalue weighted by Crippen LogP contribution is -2.40. The molecule has 4 rings (SSSR count). The largest absolute Gasteiger partial charge is 0.447 e. The Hall–Kier alpha value is -2.25. The Labute approximate surface area is 148 Å². The van der Waals surface area contributed by atoms with Gasteiger partial charge in [0.15, 0.2) is 11.5 Å². The molecule has 0 radical (unpaired) electrons. The third-order valence-electron chi connectivity index (χ3n) is 4.17. The molecule has 4 nitrogen and oxygen atoms in total. The van der Waals surface area contributed by atoms with E-state index in [2.05, 4.69) is 0 Å². The van der Waals surface area contributed by atoms with E-state index in [1.165, 1.54) is 18.2 Å². The van der Waals surface area contributed by atoms with Crippen molar-refractivity contribution in [2.24, 2.45) is 0 Å². The van der Waals surface area contributed by atoms with Gasteiger partial charge in [-0.1, -0.05) is 12.2 Å². The van der Waals surface area contributed by atoms with E-state index in [0.29, 0.717) is 53.9 Å². The second-order valence-electron chi connectivity index (χ2n) is 5.80. The number of halogens is 2. The van der Waals surface area contributed by atoms with Gasteiger partial charge in [-0.25, -0.2) is 8.78 Å². The van der Waals surface area contributed by atoms with Gasteiger partial charge in [-0.15, -0.1) is 0 Å². The first-order valence-electron chi connectivity index (χ1n) is 7.91. The van der Waals surface area contributed by atoms with Crippen molar-refractivity contribution in [2.45, 2.75) is 6.29 Å². The summed E-state index contributed by atoms with van der Waals surface area (Å²) in [6, 6.07) is 8.63. The zero-order chi connectivity index (χ0) is 17.4. The summed E-state index contributed by atoms with van der Waals surface area (Å²) in [5.74, 6) is -0.0799. The van der Waals surface area contributed by atoms with Crippen molar-refractivity contribution >= 4 is 17.2 Å². The van der Waals surface area contributed by atoms with Gasteiger partial charge in [0.25, 0.3) is 6.29 Å². The minimum absolute atomic E-state index is 0.305. The summed E-state index contributed by atoms with van der Waals surface area (Å²) < 4.78 is 44.2. The van der Waals surface area contributed by atoms with Gasteiger partial charge in [-0.3, -0.25) is 0 Å². The smallest absolute Gasteiger partial charge is 0.267 e. The molecule has 1 unspecified atom stereocenters. The molecule has 1 fully saturated rings. The highest BCUT2D eigenvalue weighted by atomic mass is 32.1. The molecule has 0 amide bonds. The molecule has 1 atom stereocenters. The molecule has 2 aromatic rings. The molecule has 0 aliphatic carbocycles. The fourth-order valence-electron chi connectivity index (χ4n) is 2.83. The van der Waals surface area contributed by atoms with Gasteiger partial charge in [-0.2, -0.15) is 0 Å². The first-order chi connectivity index (χ1) is 12.1. The van der Waals surface area contributed by atoms with Crippen molar-refractivity contribution in [3.8, 4) is 11.5 Å². The van der Waals surface area contributed by atoms with Crippen LogP contribution >= 0.6 is 12.2 Å². The number of morpholine rings is 1. The SMILES string of the molecule is Fc1ccc(C2Oc3cc(F)c(C(=S)N4CCOCC4)cc3O2)cc1. The number of rotatable bonds is 2. The van der Waals surface area contributed by atoms with Crippen LogP contribution in [0.2, 0.25) is 0 Å². The van der Waals surface area contributed by atoms with Crippen LogP contribution in [0, 0.1) is 11.6 Å².